The number of amides is 1. The van der Waals surface area contributed by atoms with Crippen molar-refractivity contribution in [2.24, 2.45) is 0 Å². The maximum Gasteiger partial charge on any atom is 0.246 e. The molecule has 0 fully saturated rings. The Morgan fingerprint density at radius 1 is 1.08 bits per heavy atom. The van der Waals surface area contributed by atoms with Crippen molar-refractivity contribution >= 4 is 5.91 Å². The van der Waals surface area contributed by atoms with Crippen LogP contribution in [0.15, 0.2) is 54.6 Å². The summed E-state index contributed by atoms with van der Waals surface area (Å²) in [6, 6.07) is 17.6. The number of aryl methyl sites for hydroxylation is 1. The van der Waals surface area contributed by atoms with Crippen molar-refractivity contribution in [1.29, 1.82) is 0 Å². The topological polar surface area (TPSA) is 63.9 Å². The van der Waals surface area contributed by atoms with Crippen LogP contribution in [0.25, 0.3) is 11.4 Å². The van der Waals surface area contributed by atoms with E-state index in [1.54, 1.807) is 11.9 Å². The first-order valence-electron chi connectivity index (χ1n) is 7.75. The smallest absolute Gasteiger partial charge is 0.246 e. The quantitative estimate of drug-likeness (QED) is 0.723. The predicted octanol–water partition coefficient (Wildman–Crippen LogP) is 2.31. The third-order valence-electron chi connectivity index (χ3n) is 3.86. The molecule has 1 amide bonds. The van der Waals surface area contributed by atoms with Gasteiger partial charge in [-0.3, -0.25) is 4.79 Å². The molecular formula is C18H19N5O. The Morgan fingerprint density at radius 3 is 2.54 bits per heavy atom. The summed E-state index contributed by atoms with van der Waals surface area (Å²) in [5, 5.41) is 12.3. The van der Waals surface area contributed by atoms with Crippen LogP contribution in [0.4, 0.5) is 0 Å². The van der Waals surface area contributed by atoms with Crippen LogP contribution in [0.2, 0.25) is 0 Å². The lowest BCUT2D eigenvalue weighted by molar-refractivity contribution is -0.131. The highest BCUT2D eigenvalue weighted by Gasteiger charge is 2.13. The van der Waals surface area contributed by atoms with Crippen molar-refractivity contribution in [3.63, 3.8) is 0 Å². The Bertz CT molecular complexity index is 828. The minimum Gasteiger partial charge on any atom is -0.340 e. The molecule has 3 rings (SSSR count). The van der Waals surface area contributed by atoms with Gasteiger partial charge in [0.05, 0.1) is 0 Å². The lowest BCUT2D eigenvalue weighted by Crippen LogP contribution is -2.30. The molecule has 1 heterocycles. The minimum absolute atomic E-state index is 0.0599. The predicted molar refractivity (Wildman–Crippen MR) is 90.9 cm³/mol. The first-order chi connectivity index (χ1) is 11.6. The van der Waals surface area contributed by atoms with Crippen LogP contribution >= 0.6 is 0 Å². The second kappa shape index (κ2) is 7.04. The van der Waals surface area contributed by atoms with Gasteiger partial charge in [0.25, 0.3) is 0 Å². The van der Waals surface area contributed by atoms with E-state index in [4.69, 9.17) is 0 Å². The Labute approximate surface area is 140 Å². The largest absolute Gasteiger partial charge is 0.340 e. The fourth-order valence-electron chi connectivity index (χ4n) is 2.39. The zero-order valence-electron chi connectivity index (χ0n) is 13.8. The second-order valence-corrected chi connectivity index (χ2v) is 5.69. The summed E-state index contributed by atoms with van der Waals surface area (Å²) in [5.41, 5.74) is 3.18. The van der Waals surface area contributed by atoms with E-state index in [1.165, 1.54) is 10.4 Å². The first-order valence-corrected chi connectivity index (χ1v) is 7.75. The summed E-state index contributed by atoms with van der Waals surface area (Å²) < 4.78 is 0. The molecule has 122 valence electrons. The third-order valence-corrected chi connectivity index (χ3v) is 3.86. The number of likely N-dealkylation sites (N-methyl/N-ethyl adjacent to an activating group) is 1. The monoisotopic (exact) mass is 321 g/mol. The van der Waals surface area contributed by atoms with Crippen LogP contribution < -0.4 is 0 Å². The highest BCUT2D eigenvalue weighted by atomic mass is 16.2. The molecule has 2 aromatic carbocycles. The maximum absolute atomic E-state index is 12.4. The molecule has 6 heteroatoms. The van der Waals surface area contributed by atoms with Crippen LogP contribution in [0.5, 0.6) is 0 Å². The summed E-state index contributed by atoms with van der Waals surface area (Å²) in [7, 11) is 1.78. The molecule has 0 radical (unpaired) electrons. The Morgan fingerprint density at radius 2 is 1.79 bits per heavy atom. The van der Waals surface area contributed by atoms with Gasteiger partial charge in [-0.15, -0.1) is 10.2 Å². The summed E-state index contributed by atoms with van der Waals surface area (Å²) >= 11 is 0. The minimum atomic E-state index is -0.0599. The van der Waals surface area contributed by atoms with E-state index >= 15 is 0 Å². The van der Waals surface area contributed by atoms with Gasteiger partial charge in [-0.25, -0.2) is 0 Å². The molecule has 0 aliphatic heterocycles. The maximum atomic E-state index is 12.4. The number of benzene rings is 2. The molecule has 0 saturated carbocycles. The molecular weight excluding hydrogens is 302 g/mol. The van der Waals surface area contributed by atoms with Crippen molar-refractivity contribution < 1.29 is 4.79 Å². The molecule has 0 unspecified atom stereocenters. The number of carbonyl (C=O) groups is 1. The second-order valence-electron chi connectivity index (χ2n) is 5.69. The Kier molecular flexibility index (Phi) is 4.65. The highest BCUT2D eigenvalue weighted by Crippen LogP contribution is 2.12. The zero-order valence-corrected chi connectivity index (χ0v) is 13.8. The zero-order chi connectivity index (χ0) is 16.9. The lowest BCUT2D eigenvalue weighted by atomic mass is 10.1. The number of aromatic nitrogens is 4. The standard InChI is InChI=1S/C18H19N5O/c1-14-8-6-7-11-16(14)12-22(2)17(24)13-23-20-18(19-21-23)15-9-4-3-5-10-15/h3-11H,12-13H2,1-2H3. The van der Waals surface area contributed by atoms with Crippen molar-refractivity contribution in [1.82, 2.24) is 25.1 Å². The summed E-state index contributed by atoms with van der Waals surface area (Å²) in [4.78, 5) is 15.4. The molecule has 0 aliphatic rings. The van der Waals surface area contributed by atoms with Gasteiger partial charge in [0.1, 0.15) is 6.54 Å². The fraction of sp³-hybridized carbons (Fsp3) is 0.222. The molecule has 0 aliphatic carbocycles. The van der Waals surface area contributed by atoms with Crippen molar-refractivity contribution in [3.8, 4) is 11.4 Å². The average molecular weight is 321 g/mol. The van der Waals surface area contributed by atoms with Gasteiger partial charge >= 0.3 is 0 Å². The van der Waals surface area contributed by atoms with Crippen LogP contribution in [-0.4, -0.2) is 38.1 Å². The van der Waals surface area contributed by atoms with E-state index in [-0.39, 0.29) is 12.5 Å². The molecule has 0 N–H and O–H groups in total. The van der Waals surface area contributed by atoms with Gasteiger partial charge in [-0.2, -0.15) is 4.80 Å². The number of tetrazole rings is 1. The Hall–Kier alpha value is -3.02. The molecule has 0 saturated heterocycles. The van der Waals surface area contributed by atoms with E-state index < -0.39 is 0 Å². The Balaban J connectivity index is 1.65. The van der Waals surface area contributed by atoms with E-state index in [1.807, 2.05) is 61.5 Å². The van der Waals surface area contributed by atoms with Gasteiger partial charge in [-0.1, -0.05) is 54.6 Å². The molecule has 0 atom stereocenters. The number of carbonyl (C=O) groups excluding carboxylic acids is 1. The van der Waals surface area contributed by atoms with Gasteiger partial charge in [0.2, 0.25) is 11.7 Å². The first kappa shape index (κ1) is 15.9. The van der Waals surface area contributed by atoms with Crippen molar-refractivity contribution in [2.45, 2.75) is 20.0 Å². The average Bonchev–Trinajstić information content (AvgIpc) is 3.06. The van der Waals surface area contributed by atoms with Gasteiger partial charge in [0, 0.05) is 19.2 Å². The van der Waals surface area contributed by atoms with Crippen LogP contribution in [-0.2, 0) is 17.9 Å². The van der Waals surface area contributed by atoms with Crippen LogP contribution in [0.1, 0.15) is 11.1 Å². The van der Waals surface area contributed by atoms with Gasteiger partial charge in [0.15, 0.2) is 0 Å². The summed E-state index contributed by atoms with van der Waals surface area (Å²) in [6.45, 7) is 2.67. The summed E-state index contributed by atoms with van der Waals surface area (Å²) in [5.74, 6) is 0.459. The van der Waals surface area contributed by atoms with Crippen LogP contribution in [0.3, 0.4) is 0 Å². The van der Waals surface area contributed by atoms with E-state index in [9.17, 15) is 4.79 Å². The number of hydrogen-bond acceptors (Lipinski definition) is 4. The van der Waals surface area contributed by atoms with E-state index in [0.29, 0.717) is 12.4 Å². The highest BCUT2D eigenvalue weighted by molar-refractivity contribution is 5.75. The van der Waals surface area contributed by atoms with Gasteiger partial charge in [-0.05, 0) is 23.3 Å². The van der Waals surface area contributed by atoms with Crippen molar-refractivity contribution in [3.05, 3.63) is 65.7 Å². The van der Waals surface area contributed by atoms with Crippen LogP contribution in [0, 0.1) is 6.92 Å². The van der Waals surface area contributed by atoms with E-state index in [2.05, 4.69) is 15.4 Å². The number of nitrogens with zero attached hydrogens (tertiary/aromatic N) is 5. The number of hydrogen-bond donors (Lipinski definition) is 0. The molecule has 6 nitrogen and oxygen atoms in total. The molecule has 1 aromatic heterocycles. The van der Waals surface area contributed by atoms with Crippen molar-refractivity contribution in [2.75, 3.05) is 7.05 Å². The summed E-state index contributed by atoms with van der Waals surface area (Å²) in [6.07, 6.45) is 0. The molecule has 0 spiro atoms. The van der Waals surface area contributed by atoms with Gasteiger partial charge < -0.3 is 4.90 Å². The molecule has 0 bridgehead atoms. The molecule has 24 heavy (non-hydrogen) atoms. The number of rotatable bonds is 5. The normalized spacial score (nSPS) is 10.6. The fourth-order valence-corrected chi connectivity index (χ4v) is 2.39. The molecule has 3 aromatic rings. The SMILES string of the molecule is Cc1ccccc1CN(C)C(=O)Cn1nnc(-c2ccccc2)n1. The third kappa shape index (κ3) is 3.65. The van der Waals surface area contributed by atoms with E-state index in [0.717, 1.165) is 11.1 Å². The lowest BCUT2D eigenvalue weighted by Gasteiger charge is -2.18.